The van der Waals surface area contributed by atoms with E-state index in [1.54, 1.807) is 0 Å². The number of ether oxygens (including phenoxy) is 1. The number of piperidine rings is 1. The number of rotatable bonds is 6. The Balaban J connectivity index is 1.45. The van der Waals surface area contributed by atoms with Gasteiger partial charge in [-0.3, -0.25) is 4.90 Å². The predicted molar refractivity (Wildman–Crippen MR) is 115 cm³/mol. The van der Waals surface area contributed by atoms with E-state index in [2.05, 4.69) is 33.3 Å². The molecule has 0 saturated carbocycles. The Bertz CT molecular complexity index is 785. The lowest BCUT2D eigenvalue weighted by Gasteiger charge is -2.54. The third-order valence-electron chi connectivity index (χ3n) is 6.71. The number of allylic oxidation sites excluding steroid dienone is 3. The van der Waals surface area contributed by atoms with Crippen molar-refractivity contribution in [1.29, 1.82) is 0 Å². The van der Waals surface area contributed by atoms with Crippen LogP contribution in [0.2, 0.25) is 0 Å². The molecule has 0 atom stereocenters. The first kappa shape index (κ1) is 26.4. The molecule has 3 aliphatic rings. The Morgan fingerprint density at radius 2 is 1.53 bits per heavy atom. The summed E-state index contributed by atoms with van der Waals surface area (Å²) in [5.74, 6) is 0. The van der Waals surface area contributed by atoms with Crippen LogP contribution in [0.15, 0.2) is 36.1 Å². The van der Waals surface area contributed by atoms with Crippen LogP contribution in [0.1, 0.15) is 32.6 Å². The van der Waals surface area contributed by atoms with Crippen LogP contribution in [0.3, 0.4) is 0 Å². The predicted octanol–water partition coefficient (Wildman–Crippen LogP) is 5.13. The van der Waals surface area contributed by atoms with E-state index in [0.29, 0.717) is 12.8 Å². The highest BCUT2D eigenvalue weighted by Gasteiger charge is 2.60. The quantitative estimate of drug-likeness (QED) is 0.378. The smallest absolute Gasteiger partial charge is 0.426 e. The maximum atomic E-state index is 12.6. The maximum absolute atomic E-state index is 12.6. The zero-order valence-electron chi connectivity index (χ0n) is 19.2. The average Bonchev–Trinajstić information content (AvgIpc) is 3.24. The highest BCUT2D eigenvalue weighted by atomic mass is 19.4. The normalized spacial score (nSPS) is 22.4. The van der Waals surface area contributed by atoms with Crippen molar-refractivity contribution < 1.29 is 35.9 Å². The lowest BCUT2D eigenvalue weighted by atomic mass is 9.72. The van der Waals surface area contributed by atoms with Gasteiger partial charge in [0.1, 0.15) is 0 Å². The van der Waals surface area contributed by atoms with Gasteiger partial charge in [0.25, 0.3) is 6.10 Å². The van der Waals surface area contributed by atoms with Gasteiger partial charge in [-0.25, -0.2) is 4.79 Å². The zero-order chi connectivity index (χ0) is 25.1. The number of hydrogen-bond donors (Lipinski definition) is 0. The molecule has 0 unspecified atom stereocenters. The van der Waals surface area contributed by atoms with E-state index in [1.807, 2.05) is 13.0 Å². The van der Waals surface area contributed by atoms with Crippen LogP contribution in [0, 0.1) is 5.41 Å². The van der Waals surface area contributed by atoms with Crippen molar-refractivity contribution in [2.45, 2.75) is 51.1 Å². The SMILES string of the molecule is C=C/C(=C\C=C(/C)CN1CC2(CCN(C(=O)OC(C(F)(F)F)C(F)(F)F)CC2)C1)N1CCCC1. The van der Waals surface area contributed by atoms with Crippen molar-refractivity contribution >= 4 is 6.09 Å². The second kappa shape index (κ2) is 10.2. The van der Waals surface area contributed by atoms with Crippen molar-refractivity contribution in [3.63, 3.8) is 0 Å². The fourth-order valence-corrected chi connectivity index (χ4v) is 4.90. The maximum Gasteiger partial charge on any atom is 0.434 e. The van der Waals surface area contributed by atoms with Gasteiger partial charge in [0.05, 0.1) is 0 Å². The summed E-state index contributed by atoms with van der Waals surface area (Å²) in [6, 6.07) is 0. The topological polar surface area (TPSA) is 36.0 Å². The number of likely N-dealkylation sites (tertiary alicyclic amines) is 3. The number of carbonyl (C=O) groups excluding carboxylic acids is 1. The molecule has 3 heterocycles. The van der Waals surface area contributed by atoms with E-state index in [4.69, 9.17) is 0 Å². The lowest BCUT2D eigenvalue weighted by molar-refractivity contribution is -0.308. The molecule has 0 aromatic rings. The molecule has 3 fully saturated rings. The molecule has 1 amide bonds. The minimum absolute atomic E-state index is 0.0673. The summed E-state index contributed by atoms with van der Waals surface area (Å²) >= 11 is 0. The van der Waals surface area contributed by atoms with Crippen LogP contribution >= 0.6 is 0 Å². The molecule has 0 bridgehead atoms. The Hall–Kier alpha value is -2.17. The highest BCUT2D eigenvalue weighted by Crippen LogP contribution is 2.41. The van der Waals surface area contributed by atoms with Crippen LogP contribution < -0.4 is 0 Å². The molecular formula is C23H31F6N3O2. The Labute approximate surface area is 195 Å². The summed E-state index contributed by atoms with van der Waals surface area (Å²) in [4.78, 5) is 17.4. The molecule has 5 nitrogen and oxygen atoms in total. The first-order valence-corrected chi connectivity index (χ1v) is 11.4. The van der Waals surface area contributed by atoms with Gasteiger partial charge in [-0.1, -0.05) is 18.2 Å². The molecule has 3 aliphatic heterocycles. The Morgan fingerprint density at radius 1 is 0.971 bits per heavy atom. The number of hydrogen-bond acceptors (Lipinski definition) is 4. The minimum atomic E-state index is -5.71. The van der Waals surface area contributed by atoms with Gasteiger partial charge < -0.3 is 14.5 Å². The second-order valence-corrected chi connectivity index (χ2v) is 9.48. The molecule has 0 aromatic carbocycles. The van der Waals surface area contributed by atoms with Gasteiger partial charge >= 0.3 is 18.4 Å². The number of amides is 1. The van der Waals surface area contributed by atoms with Crippen molar-refractivity contribution in [3.05, 3.63) is 36.1 Å². The summed E-state index contributed by atoms with van der Waals surface area (Å²) in [7, 11) is 0. The van der Waals surface area contributed by atoms with Gasteiger partial charge in [-0.15, -0.1) is 0 Å². The summed E-state index contributed by atoms with van der Waals surface area (Å²) in [6.45, 7) is 10.5. The van der Waals surface area contributed by atoms with Crippen LogP contribution in [-0.2, 0) is 4.74 Å². The van der Waals surface area contributed by atoms with Gasteiger partial charge in [0.15, 0.2) is 0 Å². The number of nitrogens with zero attached hydrogens (tertiary/aromatic N) is 3. The lowest BCUT2D eigenvalue weighted by Crippen LogP contribution is -2.61. The van der Waals surface area contributed by atoms with E-state index in [0.717, 1.165) is 43.3 Å². The van der Waals surface area contributed by atoms with E-state index in [1.165, 1.54) is 18.4 Å². The van der Waals surface area contributed by atoms with E-state index >= 15 is 0 Å². The highest BCUT2D eigenvalue weighted by molar-refractivity contribution is 5.68. The zero-order valence-corrected chi connectivity index (χ0v) is 19.2. The van der Waals surface area contributed by atoms with Crippen molar-refractivity contribution in [2.24, 2.45) is 5.41 Å². The second-order valence-electron chi connectivity index (χ2n) is 9.48. The third kappa shape index (κ3) is 6.49. The molecule has 3 rings (SSSR count). The molecule has 192 valence electrons. The van der Waals surface area contributed by atoms with Crippen molar-refractivity contribution in [2.75, 3.05) is 45.8 Å². The fraction of sp³-hybridized carbons (Fsp3) is 0.696. The molecule has 0 aliphatic carbocycles. The Morgan fingerprint density at radius 3 is 2.03 bits per heavy atom. The number of carbonyl (C=O) groups is 1. The third-order valence-corrected chi connectivity index (χ3v) is 6.71. The molecule has 1 spiro atoms. The molecule has 11 heteroatoms. The standard InChI is InChI=1S/C23H31F6N3O2/c1-3-18(31-10-4-5-11-31)7-6-17(2)14-30-15-21(16-30)8-12-32(13-9-21)20(33)34-19(22(24,25)26)23(27,28)29/h3,6-7,19H,1,4-5,8-16H2,2H3/b17-6+,18-7+. The van der Waals surface area contributed by atoms with Crippen LogP contribution in [-0.4, -0.2) is 85.1 Å². The fourth-order valence-electron chi connectivity index (χ4n) is 4.90. The van der Waals surface area contributed by atoms with Crippen LogP contribution in [0.5, 0.6) is 0 Å². The molecule has 0 radical (unpaired) electrons. The largest absolute Gasteiger partial charge is 0.434 e. The van der Waals surface area contributed by atoms with E-state index in [-0.39, 0.29) is 18.5 Å². The molecular weight excluding hydrogens is 464 g/mol. The average molecular weight is 496 g/mol. The van der Waals surface area contributed by atoms with Gasteiger partial charge in [0.2, 0.25) is 0 Å². The molecule has 0 N–H and O–H groups in total. The van der Waals surface area contributed by atoms with Crippen molar-refractivity contribution in [3.8, 4) is 0 Å². The number of alkyl halides is 6. The Kier molecular flexibility index (Phi) is 7.94. The summed E-state index contributed by atoms with van der Waals surface area (Å²) in [6.07, 6.45) is -7.70. The summed E-state index contributed by atoms with van der Waals surface area (Å²) in [5.41, 5.74) is 2.22. The summed E-state index contributed by atoms with van der Waals surface area (Å²) < 4.78 is 79.6. The van der Waals surface area contributed by atoms with E-state index in [9.17, 15) is 31.1 Å². The van der Waals surface area contributed by atoms with E-state index < -0.39 is 24.5 Å². The minimum Gasteiger partial charge on any atom is -0.426 e. The summed E-state index contributed by atoms with van der Waals surface area (Å²) in [5, 5.41) is 0. The van der Waals surface area contributed by atoms with Gasteiger partial charge in [-0.05, 0) is 50.2 Å². The molecule has 34 heavy (non-hydrogen) atoms. The van der Waals surface area contributed by atoms with Crippen LogP contribution in [0.25, 0.3) is 0 Å². The molecule has 0 aromatic heterocycles. The van der Waals surface area contributed by atoms with Gasteiger partial charge in [0, 0.05) is 51.5 Å². The first-order chi connectivity index (χ1) is 15.8. The molecule has 3 saturated heterocycles. The van der Waals surface area contributed by atoms with Gasteiger partial charge in [-0.2, -0.15) is 26.3 Å². The number of halogens is 6. The monoisotopic (exact) mass is 495 g/mol. The van der Waals surface area contributed by atoms with Crippen LogP contribution in [0.4, 0.5) is 31.1 Å². The first-order valence-electron chi connectivity index (χ1n) is 11.4. The van der Waals surface area contributed by atoms with Crippen molar-refractivity contribution in [1.82, 2.24) is 14.7 Å².